The van der Waals surface area contributed by atoms with Crippen LogP contribution < -0.4 is 5.32 Å². The smallest absolute Gasteiger partial charge is 0.310 e. The van der Waals surface area contributed by atoms with Gasteiger partial charge in [0.1, 0.15) is 5.69 Å². The van der Waals surface area contributed by atoms with Gasteiger partial charge in [-0.15, -0.1) is 0 Å². The molecule has 150 valence electrons. The normalized spacial score (nSPS) is 19.7. The number of hydrogen-bond donors (Lipinski definition) is 1. The second kappa shape index (κ2) is 9.29. The average molecular weight is 386 g/mol. The maximum Gasteiger partial charge on any atom is 0.310 e. The first-order valence-corrected chi connectivity index (χ1v) is 9.47. The number of carbonyl (C=O) groups is 1. The van der Waals surface area contributed by atoms with Gasteiger partial charge in [-0.2, -0.15) is 4.98 Å². The highest BCUT2D eigenvalue weighted by atomic mass is 16.5. The summed E-state index contributed by atoms with van der Waals surface area (Å²) in [5.74, 6) is 1.69. The molecule has 1 aliphatic heterocycles. The molecule has 28 heavy (non-hydrogen) atoms. The predicted octanol–water partition coefficient (Wildman–Crippen LogP) is 1.38. The van der Waals surface area contributed by atoms with E-state index in [1.165, 1.54) is 7.11 Å². The number of nitrogens with one attached hydrogen (secondary N) is 1. The van der Waals surface area contributed by atoms with Gasteiger partial charge in [-0.3, -0.25) is 14.8 Å². The van der Waals surface area contributed by atoms with Crippen LogP contribution in [0.5, 0.6) is 0 Å². The van der Waals surface area contributed by atoms with Crippen LogP contribution in [-0.2, 0) is 16.0 Å². The fourth-order valence-electron chi connectivity index (χ4n) is 3.23. The van der Waals surface area contributed by atoms with Gasteiger partial charge in [0, 0.05) is 38.8 Å². The van der Waals surface area contributed by atoms with Crippen molar-refractivity contribution in [3.63, 3.8) is 0 Å². The number of hydrogen-bond acceptors (Lipinski definition) is 7. The molecule has 3 rings (SSSR count). The van der Waals surface area contributed by atoms with Crippen molar-refractivity contribution in [2.75, 3.05) is 33.3 Å². The van der Waals surface area contributed by atoms with Crippen molar-refractivity contribution < 1.29 is 14.1 Å². The number of nitrogens with zero attached hydrogens (tertiary/aromatic N) is 5. The summed E-state index contributed by atoms with van der Waals surface area (Å²) < 4.78 is 10.2. The van der Waals surface area contributed by atoms with E-state index in [0.29, 0.717) is 36.9 Å². The Hall–Kier alpha value is -2.97. The third-order valence-electron chi connectivity index (χ3n) is 4.70. The van der Waals surface area contributed by atoms with Crippen LogP contribution in [0.1, 0.15) is 19.7 Å². The van der Waals surface area contributed by atoms with Crippen molar-refractivity contribution in [2.45, 2.75) is 20.3 Å². The molecular weight excluding hydrogens is 360 g/mol. The summed E-state index contributed by atoms with van der Waals surface area (Å²) in [6.45, 7) is 6.70. The van der Waals surface area contributed by atoms with Crippen molar-refractivity contribution >= 4 is 11.9 Å². The lowest BCUT2D eigenvalue weighted by molar-refractivity contribution is -0.145. The third-order valence-corrected chi connectivity index (χ3v) is 4.70. The maximum atomic E-state index is 11.9. The molecule has 1 aliphatic rings. The Kier molecular flexibility index (Phi) is 6.57. The maximum absolute atomic E-state index is 11.9. The monoisotopic (exact) mass is 386 g/mol. The number of ether oxygens (including phenoxy) is 1. The molecule has 0 bridgehead atoms. The summed E-state index contributed by atoms with van der Waals surface area (Å²) in [6.07, 6.45) is 2.24. The Labute approximate surface area is 164 Å². The molecule has 2 unspecified atom stereocenters. The van der Waals surface area contributed by atoms with E-state index in [1.807, 2.05) is 25.1 Å². The van der Waals surface area contributed by atoms with Crippen molar-refractivity contribution in [3.05, 3.63) is 30.2 Å². The number of guanidine groups is 1. The topological polar surface area (TPSA) is 106 Å². The first-order valence-electron chi connectivity index (χ1n) is 9.47. The van der Waals surface area contributed by atoms with E-state index in [1.54, 1.807) is 6.20 Å². The van der Waals surface area contributed by atoms with Crippen LogP contribution >= 0.6 is 0 Å². The number of rotatable bonds is 6. The minimum Gasteiger partial charge on any atom is -0.469 e. The van der Waals surface area contributed by atoms with E-state index in [2.05, 4.69) is 37.3 Å². The molecule has 3 heterocycles. The average Bonchev–Trinajstić information content (AvgIpc) is 3.34. The molecule has 9 nitrogen and oxygen atoms in total. The van der Waals surface area contributed by atoms with E-state index in [-0.39, 0.29) is 17.8 Å². The Morgan fingerprint density at radius 1 is 1.43 bits per heavy atom. The largest absolute Gasteiger partial charge is 0.469 e. The molecule has 0 amide bonds. The first kappa shape index (κ1) is 19.8. The summed E-state index contributed by atoms with van der Waals surface area (Å²) in [7, 11) is 1.43. The molecule has 0 radical (unpaired) electrons. The lowest BCUT2D eigenvalue weighted by Crippen LogP contribution is -2.40. The standard InChI is InChI=1S/C19H26N6O3/c1-4-20-19(25-11-13(2)14(12-25)18(26)27-3)22-10-8-16-23-17(28-24-16)15-7-5-6-9-21-15/h5-7,9,13-14H,4,8,10-12H2,1-3H3,(H,20,22). The van der Waals surface area contributed by atoms with Gasteiger partial charge in [-0.25, -0.2) is 0 Å². The molecule has 0 aliphatic carbocycles. The molecular formula is C19H26N6O3. The van der Waals surface area contributed by atoms with Crippen LogP contribution in [0.4, 0.5) is 0 Å². The Morgan fingerprint density at radius 2 is 2.29 bits per heavy atom. The molecule has 0 aromatic carbocycles. The number of carbonyl (C=O) groups excluding carboxylic acids is 1. The molecule has 2 aromatic rings. The summed E-state index contributed by atoms with van der Waals surface area (Å²) in [5, 5.41) is 7.29. The Bertz CT molecular complexity index is 807. The van der Waals surface area contributed by atoms with E-state index in [0.717, 1.165) is 19.0 Å². The highest BCUT2D eigenvalue weighted by Crippen LogP contribution is 2.24. The highest BCUT2D eigenvalue weighted by molar-refractivity contribution is 5.82. The van der Waals surface area contributed by atoms with Gasteiger partial charge in [0.2, 0.25) is 0 Å². The third kappa shape index (κ3) is 4.65. The summed E-state index contributed by atoms with van der Waals surface area (Å²) in [6, 6.07) is 5.53. The van der Waals surface area contributed by atoms with Crippen LogP contribution in [0.2, 0.25) is 0 Å². The molecule has 0 saturated carbocycles. The molecule has 2 atom stereocenters. The number of likely N-dealkylation sites (tertiary alicyclic amines) is 1. The highest BCUT2D eigenvalue weighted by Gasteiger charge is 2.36. The second-order valence-electron chi connectivity index (χ2n) is 6.73. The van der Waals surface area contributed by atoms with Crippen LogP contribution in [0, 0.1) is 11.8 Å². The van der Waals surface area contributed by atoms with Gasteiger partial charge in [0.25, 0.3) is 5.89 Å². The van der Waals surface area contributed by atoms with E-state index in [9.17, 15) is 4.79 Å². The Morgan fingerprint density at radius 3 is 3.00 bits per heavy atom. The van der Waals surface area contributed by atoms with Gasteiger partial charge in [0.05, 0.1) is 13.0 Å². The van der Waals surface area contributed by atoms with Crippen molar-refractivity contribution in [2.24, 2.45) is 16.8 Å². The van der Waals surface area contributed by atoms with Gasteiger partial charge in [0.15, 0.2) is 11.8 Å². The molecule has 2 aromatic heterocycles. The Balaban J connectivity index is 1.61. The minimum absolute atomic E-state index is 0.132. The van der Waals surface area contributed by atoms with Crippen molar-refractivity contribution in [3.8, 4) is 11.6 Å². The fraction of sp³-hybridized carbons (Fsp3) is 0.526. The van der Waals surface area contributed by atoms with Crippen molar-refractivity contribution in [1.29, 1.82) is 0 Å². The predicted molar refractivity (Wildman–Crippen MR) is 103 cm³/mol. The number of aromatic nitrogens is 3. The van der Waals surface area contributed by atoms with E-state index < -0.39 is 0 Å². The number of pyridine rings is 1. The molecule has 1 N–H and O–H groups in total. The fourth-order valence-corrected chi connectivity index (χ4v) is 3.23. The van der Waals surface area contributed by atoms with Crippen molar-refractivity contribution in [1.82, 2.24) is 25.3 Å². The van der Waals surface area contributed by atoms with Gasteiger partial charge < -0.3 is 19.5 Å². The van der Waals surface area contributed by atoms with E-state index in [4.69, 9.17) is 9.26 Å². The number of esters is 1. The van der Waals surface area contributed by atoms with Crippen LogP contribution in [0.3, 0.4) is 0 Å². The number of methoxy groups -OCH3 is 1. The second-order valence-corrected chi connectivity index (χ2v) is 6.73. The SMILES string of the molecule is CCNC(=NCCc1noc(-c2ccccn2)n1)N1CC(C)C(C(=O)OC)C1. The minimum atomic E-state index is -0.167. The molecule has 0 spiro atoms. The lowest BCUT2D eigenvalue weighted by atomic mass is 9.99. The van der Waals surface area contributed by atoms with E-state index >= 15 is 0 Å². The van der Waals surface area contributed by atoms with Gasteiger partial charge in [-0.05, 0) is 25.0 Å². The van der Waals surface area contributed by atoms with Crippen LogP contribution in [0.25, 0.3) is 11.6 Å². The molecule has 1 saturated heterocycles. The summed E-state index contributed by atoms with van der Waals surface area (Å²) >= 11 is 0. The zero-order valence-electron chi connectivity index (χ0n) is 16.5. The zero-order chi connectivity index (χ0) is 19.9. The lowest BCUT2D eigenvalue weighted by Gasteiger charge is -2.21. The van der Waals surface area contributed by atoms with Crippen LogP contribution in [0.15, 0.2) is 33.9 Å². The van der Waals surface area contributed by atoms with Gasteiger partial charge >= 0.3 is 5.97 Å². The van der Waals surface area contributed by atoms with Crippen LogP contribution in [-0.4, -0.2) is 65.2 Å². The number of aliphatic imine (C=N–C) groups is 1. The quantitative estimate of drug-likeness (QED) is 0.451. The molecule has 9 heteroatoms. The zero-order valence-corrected chi connectivity index (χ0v) is 16.5. The first-order chi connectivity index (χ1) is 13.6. The summed E-state index contributed by atoms with van der Waals surface area (Å²) in [5.41, 5.74) is 0.651. The van der Waals surface area contributed by atoms with Gasteiger partial charge in [-0.1, -0.05) is 18.1 Å². The summed E-state index contributed by atoms with van der Waals surface area (Å²) in [4.78, 5) is 27.3. The molecule has 1 fully saturated rings.